The van der Waals surface area contributed by atoms with Crippen molar-refractivity contribution in [2.45, 2.75) is 32.2 Å². The van der Waals surface area contributed by atoms with Crippen LogP contribution in [0.25, 0.3) is 0 Å². The van der Waals surface area contributed by atoms with E-state index in [0.717, 1.165) is 31.6 Å². The van der Waals surface area contributed by atoms with Gasteiger partial charge in [-0.15, -0.1) is 0 Å². The van der Waals surface area contributed by atoms with Crippen LogP contribution < -0.4 is 4.90 Å². The van der Waals surface area contributed by atoms with Crippen molar-refractivity contribution in [1.82, 2.24) is 9.88 Å². The first-order valence-electron chi connectivity index (χ1n) is 8.62. The number of hydrogen-bond acceptors (Lipinski definition) is 3. The second-order valence-electron chi connectivity index (χ2n) is 6.60. The molecule has 126 valence electrons. The molecule has 1 aliphatic heterocycles. The van der Waals surface area contributed by atoms with Crippen LogP contribution in [-0.2, 0) is 17.6 Å². The molecule has 0 fully saturated rings. The van der Waals surface area contributed by atoms with Crippen molar-refractivity contribution in [1.29, 1.82) is 0 Å². The van der Waals surface area contributed by atoms with Crippen molar-refractivity contribution in [2.75, 3.05) is 25.0 Å². The molecule has 1 unspecified atom stereocenters. The molecule has 1 amide bonds. The van der Waals surface area contributed by atoms with Crippen molar-refractivity contribution < 1.29 is 4.79 Å². The molecular weight excluding hydrogens is 298 g/mol. The quantitative estimate of drug-likeness (QED) is 0.820. The van der Waals surface area contributed by atoms with E-state index in [2.05, 4.69) is 36.0 Å². The molecule has 1 aliphatic rings. The van der Waals surface area contributed by atoms with Gasteiger partial charge >= 0.3 is 0 Å². The Kier molecular flexibility index (Phi) is 5.26. The normalized spacial score (nSPS) is 16.5. The highest BCUT2D eigenvalue weighted by molar-refractivity contribution is 5.96. The third-order valence-electron chi connectivity index (χ3n) is 4.71. The monoisotopic (exact) mass is 323 g/mol. The summed E-state index contributed by atoms with van der Waals surface area (Å²) in [5, 5.41) is 0. The average molecular weight is 323 g/mol. The summed E-state index contributed by atoms with van der Waals surface area (Å²) in [6, 6.07) is 12.6. The number of likely N-dealkylation sites (N-methyl/N-ethyl adjacent to an activating group) is 1. The molecule has 1 aromatic heterocycles. The first-order chi connectivity index (χ1) is 11.6. The van der Waals surface area contributed by atoms with Gasteiger partial charge in [0.05, 0.1) is 0 Å². The molecule has 0 N–H and O–H groups in total. The lowest BCUT2D eigenvalue weighted by atomic mass is 10.1. The van der Waals surface area contributed by atoms with Gasteiger partial charge in [0.1, 0.15) is 0 Å². The Morgan fingerprint density at radius 1 is 1.21 bits per heavy atom. The van der Waals surface area contributed by atoms with E-state index in [1.165, 1.54) is 11.1 Å². The Morgan fingerprint density at radius 3 is 2.75 bits per heavy atom. The maximum absolute atomic E-state index is 12.7. The topological polar surface area (TPSA) is 36.4 Å². The second-order valence-corrected chi connectivity index (χ2v) is 6.60. The molecule has 24 heavy (non-hydrogen) atoms. The molecule has 0 saturated heterocycles. The highest BCUT2D eigenvalue weighted by Gasteiger charge is 2.30. The van der Waals surface area contributed by atoms with Gasteiger partial charge in [0.25, 0.3) is 0 Å². The van der Waals surface area contributed by atoms with Crippen molar-refractivity contribution >= 4 is 11.6 Å². The lowest BCUT2D eigenvalue weighted by Gasteiger charge is -2.24. The number of nitrogens with zero attached hydrogens (tertiary/aromatic N) is 3. The predicted molar refractivity (Wildman–Crippen MR) is 97.1 cm³/mol. The highest BCUT2D eigenvalue weighted by Crippen LogP contribution is 2.32. The zero-order chi connectivity index (χ0) is 16.9. The number of para-hydroxylation sites is 1. The van der Waals surface area contributed by atoms with Crippen molar-refractivity contribution in [3.63, 3.8) is 0 Å². The molecule has 1 aromatic carbocycles. The summed E-state index contributed by atoms with van der Waals surface area (Å²) in [7, 11) is 2.08. The van der Waals surface area contributed by atoms with Crippen LogP contribution in [0.5, 0.6) is 0 Å². The number of fused-ring (bicyclic) bond motifs is 1. The van der Waals surface area contributed by atoms with Gasteiger partial charge in [-0.1, -0.05) is 18.2 Å². The largest absolute Gasteiger partial charge is 0.309 e. The summed E-state index contributed by atoms with van der Waals surface area (Å²) in [6.45, 7) is 3.86. The van der Waals surface area contributed by atoms with Crippen LogP contribution in [0.1, 0.15) is 24.5 Å². The molecule has 2 aromatic rings. The molecule has 0 saturated carbocycles. The molecule has 3 rings (SSSR count). The lowest BCUT2D eigenvalue weighted by molar-refractivity contribution is -0.119. The fourth-order valence-corrected chi connectivity index (χ4v) is 3.33. The maximum atomic E-state index is 12.7. The molecule has 0 spiro atoms. The zero-order valence-electron chi connectivity index (χ0n) is 14.5. The molecule has 4 nitrogen and oxygen atoms in total. The van der Waals surface area contributed by atoms with E-state index in [-0.39, 0.29) is 11.9 Å². The van der Waals surface area contributed by atoms with Crippen molar-refractivity contribution in [2.24, 2.45) is 0 Å². The Labute approximate surface area is 144 Å². The summed E-state index contributed by atoms with van der Waals surface area (Å²) in [4.78, 5) is 20.9. The van der Waals surface area contributed by atoms with Crippen LogP contribution in [0, 0.1) is 0 Å². The fourth-order valence-electron chi connectivity index (χ4n) is 3.33. The summed E-state index contributed by atoms with van der Waals surface area (Å²) >= 11 is 0. The summed E-state index contributed by atoms with van der Waals surface area (Å²) in [5.41, 5.74) is 3.66. The minimum Gasteiger partial charge on any atom is -0.309 e. The van der Waals surface area contributed by atoms with E-state index >= 15 is 0 Å². The summed E-state index contributed by atoms with van der Waals surface area (Å²) in [6.07, 6.45) is 6.15. The maximum Gasteiger partial charge on any atom is 0.228 e. The van der Waals surface area contributed by atoms with E-state index < -0.39 is 0 Å². The third-order valence-corrected chi connectivity index (χ3v) is 4.71. The molecule has 1 atom stereocenters. The van der Waals surface area contributed by atoms with Gasteiger partial charge in [0.15, 0.2) is 0 Å². The minimum absolute atomic E-state index is 0.225. The minimum atomic E-state index is 0.225. The number of benzene rings is 1. The third kappa shape index (κ3) is 3.82. The van der Waals surface area contributed by atoms with Crippen molar-refractivity contribution in [3.8, 4) is 0 Å². The Morgan fingerprint density at radius 2 is 1.96 bits per heavy atom. The van der Waals surface area contributed by atoms with Crippen LogP contribution >= 0.6 is 0 Å². The molecular formula is C20H25N3O. The molecule has 2 heterocycles. The van der Waals surface area contributed by atoms with Crippen LogP contribution in [0.3, 0.4) is 0 Å². The lowest BCUT2D eigenvalue weighted by Crippen LogP contribution is -2.37. The molecule has 0 bridgehead atoms. The van der Waals surface area contributed by atoms with Crippen LogP contribution in [0.15, 0.2) is 48.8 Å². The highest BCUT2D eigenvalue weighted by atomic mass is 16.2. The van der Waals surface area contributed by atoms with Gasteiger partial charge in [0, 0.05) is 43.6 Å². The van der Waals surface area contributed by atoms with E-state index in [1.807, 2.05) is 41.6 Å². The number of pyridine rings is 1. The van der Waals surface area contributed by atoms with E-state index in [1.54, 1.807) is 0 Å². The fraction of sp³-hybridized carbons (Fsp3) is 0.400. The number of anilines is 1. The van der Waals surface area contributed by atoms with Gasteiger partial charge in [0.2, 0.25) is 5.91 Å². The first-order valence-corrected chi connectivity index (χ1v) is 8.62. The number of carbonyl (C=O) groups is 1. The van der Waals surface area contributed by atoms with Crippen LogP contribution in [0.2, 0.25) is 0 Å². The summed E-state index contributed by atoms with van der Waals surface area (Å²) in [5.74, 6) is 0.225. The van der Waals surface area contributed by atoms with Gasteiger partial charge in [-0.3, -0.25) is 9.78 Å². The molecule has 4 heteroatoms. The number of carbonyl (C=O) groups excluding carboxylic acids is 1. The number of rotatable bonds is 6. The SMILES string of the molecule is CC1Cc2ccccc2N1C(=O)CCN(C)CCc1ccncc1. The zero-order valence-corrected chi connectivity index (χ0v) is 14.5. The Balaban J connectivity index is 1.50. The number of hydrogen-bond donors (Lipinski definition) is 0. The molecule has 0 aliphatic carbocycles. The van der Waals surface area contributed by atoms with E-state index in [9.17, 15) is 4.79 Å². The van der Waals surface area contributed by atoms with Gasteiger partial charge in [-0.25, -0.2) is 0 Å². The molecule has 0 radical (unpaired) electrons. The first kappa shape index (κ1) is 16.7. The summed E-state index contributed by atoms with van der Waals surface area (Å²) < 4.78 is 0. The van der Waals surface area contributed by atoms with E-state index in [0.29, 0.717) is 6.42 Å². The van der Waals surface area contributed by atoms with Gasteiger partial charge in [-0.2, -0.15) is 0 Å². The van der Waals surface area contributed by atoms with Crippen LogP contribution in [0.4, 0.5) is 5.69 Å². The van der Waals surface area contributed by atoms with Gasteiger partial charge < -0.3 is 9.80 Å². The number of amides is 1. The second kappa shape index (κ2) is 7.58. The van der Waals surface area contributed by atoms with Crippen molar-refractivity contribution in [3.05, 3.63) is 59.9 Å². The van der Waals surface area contributed by atoms with E-state index in [4.69, 9.17) is 0 Å². The number of aromatic nitrogens is 1. The standard InChI is InChI=1S/C20H25N3O/c1-16-15-18-5-3-4-6-19(18)23(16)20(24)10-14-22(2)13-9-17-7-11-21-12-8-17/h3-8,11-12,16H,9-10,13-15H2,1-2H3. The Hall–Kier alpha value is -2.20. The average Bonchev–Trinajstić information content (AvgIpc) is 2.94. The Bertz CT molecular complexity index is 686. The van der Waals surface area contributed by atoms with Crippen LogP contribution in [-0.4, -0.2) is 42.0 Å². The van der Waals surface area contributed by atoms with Gasteiger partial charge in [-0.05, 0) is 56.1 Å². The predicted octanol–water partition coefficient (Wildman–Crippen LogP) is 2.92. The smallest absolute Gasteiger partial charge is 0.228 e.